The van der Waals surface area contributed by atoms with E-state index in [1.165, 1.54) is 12.1 Å². The molecule has 1 aromatic carbocycles. The number of alkyl halides is 3. The second-order valence-corrected chi connectivity index (χ2v) is 7.78. The summed E-state index contributed by atoms with van der Waals surface area (Å²) < 4.78 is 41.1. The van der Waals surface area contributed by atoms with Gasteiger partial charge in [-0.25, -0.2) is 14.7 Å². The van der Waals surface area contributed by atoms with E-state index in [0.29, 0.717) is 12.8 Å². The maximum atomic E-state index is 13.2. The van der Waals surface area contributed by atoms with Crippen LogP contribution in [0.4, 0.5) is 29.5 Å². The number of pyridine rings is 1. The molecule has 0 atom stereocenters. The highest BCUT2D eigenvalue weighted by Gasteiger charge is 2.65. The number of carbonyl (C=O) groups is 2. The van der Waals surface area contributed by atoms with Crippen molar-refractivity contribution in [1.29, 1.82) is 0 Å². The van der Waals surface area contributed by atoms with Crippen LogP contribution in [0.2, 0.25) is 0 Å². The molecule has 7 nitrogen and oxygen atoms in total. The van der Waals surface area contributed by atoms with Gasteiger partial charge in [0.05, 0.1) is 5.69 Å². The smallest absolute Gasteiger partial charge is 0.406 e. The molecule has 4 rings (SSSR count). The van der Waals surface area contributed by atoms with Gasteiger partial charge in [0.25, 0.3) is 5.91 Å². The fourth-order valence-electron chi connectivity index (χ4n) is 4.02. The van der Waals surface area contributed by atoms with E-state index in [0.717, 1.165) is 41.5 Å². The first-order valence-electron chi connectivity index (χ1n) is 10.4. The topological polar surface area (TPSA) is 66.0 Å². The minimum atomic E-state index is -4.82. The molecule has 1 spiro atoms. The van der Waals surface area contributed by atoms with Gasteiger partial charge >= 0.3 is 12.4 Å². The number of urea groups is 1. The first-order valence-corrected chi connectivity index (χ1v) is 10.4. The molecule has 3 amide bonds. The summed E-state index contributed by atoms with van der Waals surface area (Å²) in [5.74, 6) is 0.0245. The highest BCUT2D eigenvalue weighted by Crippen LogP contribution is 2.49. The molecule has 2 aliphatic rings. The normalized spacial score (nSPS) is 17.3. The lowest BCUT2D eigenvalue weighted by Gasteiger charge is -2.23. The molecule has 1 aliphatic carbocycles. The molecule has 1 aliphatic heterocycles. The summed E-state index contributed by atoms with van der Waals surface area (Å²) in [5.41, 5.74) is 0.170. The molecular formula is C22H23F3N4O3. The van der Waals surface area contributed by atoms with Crippen LogP contribution in [-0.4, -0.2) is 46.8 Å². The second kappa shape index (κ2) is 7.99. The van der Waals surface area contributed by atoms with Crippen LogP contribution in [0.1, 0.15) is 32.3 Å². The Labute approximate surface area is 183 Å². The molecule has 0 N–H and O–H groups in total. The predicted octanol–water partition coefficient (Wildman–Crippen LogP) is 4.33. The minimum absolute atomic E-state index is 0.210. The first kappa shape index (κ1) is 21.9. The van der Waals surface area contributed by atoms with Gasteiger partial charge in [-0.3, -0.25) is 4.79 Å². The maximum absolute atomic E-state index is 13.2. The minimum Gasteiger partial charge on any atom is -0.406 e. The number of hydrogen-bond acceptors (Lipinski definition) is 5. The molecule has 1 aromatic heterocycles. The molecule has 0 unspecified atom stereocenters. The number of nitrogens with zero attached hydrogens (tertiary/aromatic N) is 4. The highest BCUT2D eigenvalue weighted by atomic mass is 19.4. The Morgan fingerprint density at radius 1 is 1.09 bits per heavy atom. The van der Waals surface area contributed by atoms with Crippen LogP contribution in [0.25, 0.3) is 0 Å². The van der Waals surface area contributed by atoms with Crippen molar-refractivity contribution in [3.8, 4) is 5.75 Å². The molecule has 2 fully saturated rings. The van der Waals surface area contributed by atoms with Gasteiger partial charge in [-0.15, -0.1) is 13.2 Å². The molecule has 10 heteroatoms. The van der Waals surface area contributed by atoms with E-state index in [9.17, 15) is 22.8 Å². The summed E-state index contributed by atoms with van der Waals surface area (Å²) >= 11 is 0. The SMILES string of the molecule is CCN(CC)c1cc(CN2C(=O)N(c3ccc(OC(F)(F)F)cc3)C(=O)C23CC3)ccn1. The number of benzene rings is 1. The Hall–Kier alpha value is -3.30. The van der Waals surface area contributed by atoms with E-state index < -0.39 is 23.7 Å². The highest BCUT2D eigenvalue weighted by molar-refractivity contribution is 6.24. The second-order valence-electron chi connectivity index (χ2n) is 7.78. The zero-order valence-electron chi connectivity index (χ0n) is 17.7. The molecule has 1 saturated carbocycles. The molecule has 170 valence electrons. The van der Waals surface area contributed by atoms with Crippen molar-refractivity contribution in [3.05, 3.63) is 48.2 Å². The van der Waals surface area contributed by atoms with E-state index in [1.54, 1.807) is 11.1 Å². The van der Waals surface area contributed by atoms with Gasteiger partial charge in [0.15, 0.2) is 0 Å². The van der Waals surface area contributed by atoms with Crippen LogP contribution in [-0.2, 0) is 11.3 Å². The molecule has 0 radical (unpaired) electrons. The number of carbonyl (C=O) groups excluding carboxylic acids is 2. The lowest BCUT2D eigenvalue weighted by atomic mass is 10.2. The Kier molecular flexibility index (Phi) is 5.47. The number of amides is 3. The maximum Gasteiger partial charge on any atom is 0.573 e. The van der Waals surface area contributed by atoms with Crippen LogP contribution < -0.4 is 14.5 Å². The molecular weight excluding hydrogens is 425 g/mol. The van der Waals surface area contributed by atoms with Gasteiger partial charge in [-0.2, -0.15) is 0 Å². The van der Waals surface area contributed by atoms with Crippen molar-refractivity contribution in [2.75, 3.05) is 22.9 Å². The van der Waals surface area contributed by atoms with E-state index in [4.69, 9.17) is 0 Å². The van der Waals surface area contributed by atoms with Crippen molar-refractivity contribution in [1.82, 2.24) is 9.88 Å². The van der Waals surface area contributed by atoms with Crippen molar-refractivity contribution >= 4 is 23.4 Å². The fourth-order valence-corrected chi connectivity index (χ4v) is 4.02. The summed E-state index contributed by atoms with van der Waals surface area (Å²) in [6.07, 6.45) is -2.03. The third-order valence-corrected chi connectivity index (χ3v) is 5.83. The Morgan fingerprint density at radius 2 is 1.75 bits per heavy atom. The summed E-state index contributed by atoms with van der Waals surface area (Å²) in [5, 5.41) is 0. The quantitative estimate of drug-likeness (QED) is 0.590. The lowest BCUT2D eigenvalue weighted by Crippen LogP contribution is -2.36. The third-order valence-electron chi connectivity index (χ3n) is 5.83. The number of aromatic nitrogens is 1. The monoisotopic (exact) mass is 448 g/mol. The van der Waals surface area contributed by atoms with Crippen molar-refractivity contribution < 1.29 is 27.5 Å². The van der Waals surface area contributed by atoms with Crippen molar-refractivity contribution in [3.63, 3.8) is 0 Å². The predicted molar refractivity (Wildman–Crippen MR) is 111 cm³/mol. The largest absolute Gasteiger partial charge is 0.573 e. The molecule has 1 saturated heterocycles. The fraction of sp³-hybridized carbons (Fsp3) is 0.409. The number of halogens is 3. The van der Waals surface area contributed by atoms with E-state index in [-0.39, 0.29) is 18.1 Å². The van der Waals surface area contributed by atoms with Crippen LogP contribution in [0.3, 0.4) is 0 Å². The standard InChI is InChI=1S/C22H23F3N4O3/c1-3-27(4-2)18-13-15(9-12-26-18)14-28-20(31)29(19(30)21(28)10-11-21)16-5-7-17(8-6-16)32-22(23,24)25/h5-9,12-13H,3-4,10-11,14H2,1-2H3. The van der Waals surface area contributed by atoms with Gasteiger partial charge in [0.2, 0.25) is 0 Å². The zero-order chi connectivity index (χ0) is 23.1. The average Bonchev–Trinajstić information content (AvgIpc) is 3.52. The lowest BCUT2D eigenvalue weighted by molar-refractivity contribution is -0.274. The van der Waals surface area contributed by atoms with Gasteiger partial charge in [-0.1, -0.05) is 0 Å². The van der Waals surface area contributed by atoms with Crippen LogP contribution in [0, 0.1) is 0 Å². The number of imide groups is 1. The summed E-state index contributed by atoms with van der Waals surface area (Å²) in [6, 6.07) is 7.97. The Balaban J connectivity index is 1.57. The van der Waals surface area contributed by atoms with Gasteiger partial charge < -0.3 is 14.5 Å². The van der Waals surface area contributed by atoms with Crippen molar-refractivity contribution in [2.24, 2.45) is 0 Å². The molecule has 32 heavy (non-hydrogen) atoms. The number of anilines is 2. The molecule has 2 heterocycles. The van der Waals surface area contributed by atoms with Crippen LogP contribution in [0.5, 0.6) is 5.75 Å². The number of rotatable bonds is 7. The Bertz CT molecular complexity index is 1020. The number of ether oxygens (including phenoxy) is 1. The van der Waals surface area contributed by atoms with Crippen LogP contribution in [0.15, 0.2) is 42.6 Å². The summed E-state index contributed by atoms with van der Waals surface area (Å²) in [7, 11) is 0. The van der Waals surface area contributed by atoms with Gasteiger partial charge in [-0.05, 0) is 68.7 Å². The Morgan fingerprint density at radius 3 is 2.31 bits per heavy atom. The van der Waals surface area contributed by atoms with Crippen LogP contribution >= 0.6 is 0 Å². The zero-order valence-corrected chi connectivity index (χ0v) is 17.7. The van der Waals surface area contributed by atoms with Gasteiger partial charge in [0, 0.05) is 25.8 Å². The summed E-state index contributed by atoms with van der Waals surface area (Å²) in [4.78, 5) is 35.4. The third kappa shape index (κ3) is 3.96. The first-order chi connectivity index (χ1) is 15.2. The number of hydrogen-bond donors (Lipinski definition) is 0. The molecule has 0 bridgehead atoms. The van der Waals surface area contributed by atoms with Gasteiger partial charge in [0.1, 0.15) is 17.1 Å². The van der Waals surface area contributed by atoms with E-state index in [2.05, 4.69) is 14.6 Å². The summed E-state index contributed by atoms with van der Waals surface area (Å²) in [6.45, 7) is 5.89. The van der Waals surface area contributed by atoms with E-state index in [1.807, 2.05) is 26.0 Å². The molecule has 2 aromatic rings. The van der Waals surface area contributed by atoms with Crippen molar-refractivity contribution in [2.45, 2.75) is 45.1 Å². The average molecular weight is 448 g/mol. The van der Waals surface area contributed by atoms with E-state index >= 15 is 0 Å².